The van der Waals surface area contributed by atoms with Gasteiger partial charge in [-0.3, -0.25) is 0 Å². The van der Waals surface area contributed by atoms with Crippen LogP contribution in [-0.2, 0) is 0 Å². The minimum Gasteiger partial charge on any atom is -0.349 e. The van der Waals surface area contributed by atoms with E-state index in [1.165, 1.54) is 12.1 Å². The summed E-state index contributed by atoms with van der Waals surface area (Å²) in [6.07, 6.45) is 5.91. The maximum atomic E-state index is 14.4. The molecule has 7 nitrogen and oxygen atoms in total. The Morgan fingerprint density at radius 3 is 2.87 bits per heavy atom. The van der Waals surface area contributed by atoms with Gasteiger partial charge in [-0.15, -0.1) is 0 Å². The lowest BCUT2D eigenvalue weighted by Gasteiger charge is -2.26. The molecule has 0 radical (unpaired) electrons. The molecule has 1 aromatic carbocycles. The van der Waals surface area contributed by atoms with Crippen molar-refractivity contribution in [1.29, 1.82) is 0 Å². The molecule has 4 heterocycles. The van der Waals surface area contributed by atoms with Crippen molar-refractivity contribution in [2.75, 3.05) is 29.9 Å². The number of carbonyl (C=O) groups is 1. The fourth-order valence-corrected chi connectivity index (χ4v) is 4.56. The molecule has 5 rings (SSSR count). The zero-order chi connectivity index (χ0) is 21.5. The summed E-state index contributed by atoms with van der Waals surface area (Å²) in [5.41, 5.74) is 1.38. The van der Waals surface area contributed by atoms with E-state index < -0.39 is 11.6 Å². The van der Waals surface area contributed by atoms with Gasteiger partial charge in [0.2, 0.25) is 0 Å². The number of likely N-dealkylation sites (tertiary alicyclic amines) is 1. The number of hydrogen-bond donors (Lipinski definition) is 1. The molecule has 0 bridgehead atoms. The van der Waals surface area contributed by atoms with E-state index in [0.29, 0.717) is 41.6 Å². The number of hydrogen-bond acceptors (Lipinski definition) is 4. The Kier molecular flexibility index (Phi) is 4.95. The molecule has 2 aromatic heterocycles. The number of carbonyl (C=O) groups excluding carboxylic acids is 1. The quantitative estimate of drug-likeness (QED) is 0.681. The Hall–Kier alpha value is -3.23. The number of aromatic nitrogens is 3. The van der Waals surface area contributed by atoms with Gasteiger partial charge in [0.05, 0.1) is 12.2 Å². The Balaban J connectivity index is 1.43. The second kappa shape index (κ2) is 7.79. The molecular formula is C22H24F2N6O. The van der Waals surface area contributed by atoms with Gasteiger partial charge in [-0.05, 0) is 49.4 Å². The van der Waals surface area contributed by atoms with Crippen LogP contribution in [0, 0.1) is 17.6 Å². The lowest BCUT2D eigenvalue weighted by molar-refractivity contribution is 0.221. The van der Waals surface area contributed by atoms with Gasteiger partial charge in [0, 0.05) is 31.4 Å². The van der Waals surface area contributed by atoms with Crippen molar-refractivity contribution in [3.05, 3.63) is 53.9 Å². The highest BCUT2D eigenvalue weighted by Gasteiger charge is 2.30. The molecule has 2 fully saturated rings. The molecule has 3 aromatic rings. The Bertz CT molecular complexity index is 1130. The van der Waals surface area contributed by atoms with Crippen LogP contribution in [0.1, 0.15) is 37.8 Å². The Labute approximate surface area is 178 Å². The first kappa shape index (κ1) is 19.7. The molecule has 31 heavy (non-hydrogen) atoms. The van der Waals surface area contributed by atoms with Crippen LogP contribution in [0.15, 0.2) is 36.7 Å². The maximum Gasteiger partial charge on any atom is 0.321 e. The van der Waals surface area contributed by atoms with E-state index in [1.807, 2.05) is 11.0 Å². The molecule has 2 saturated heterocycles. The third-order valence-electron chi connectivity index (χ3n) is 6.17. The lowest BCUT2D eigenvalue weighted by Crippen LogP contribution is -2.32. The number of fused-ring (bicyclic) bond motifs is 1. The van der Waals surface area contributed by atoms with Gasteiger partial charge < -0.3 is 15.1 Å². The third kappa shape index (κ3) is 3.68. The SMILES string of the molecule is C[C@H]1CCN(C(=O)Nc2cnn3ccc(N4CCC[C@@H]4c4cc(F)ccc4F)nc23)C1. The normalized spacial score (nSPS) is 21.3. The minimum atomic E-state index is -0.455. The molecule has 2 amide bonds. The fourth-order valence-electron chi connectivity index (χ4n) is 4.56. The van der Waals surface area contributed by atoms with Crippen molar-refractivity contribution in [2.24, 2.45) is 5.92 Å². The van der Waals surface area contributed by atoms with Gasteiger partial charge in [0.25, 0.3) is 0 Å². The van der Waals surface area contributed by atoms with Gasteiger partial charge in [-0.2, -0.15) is 5.10 Å². The van der Waals surface area contributed by atoms with Crippen LogP contribution >= 0.6 is 0 Å². The summed E-state index contributed by atoms with van der Waals surface area (Å²) in [5.74, 6) is 0.263. The van der Waals surface area contributed by atoms with E-state index in [-0.39, 0.29) is 12.1 Å². The summed E-state index contributed by atoms with van der Waals surface area (Å²) in [7, 11) is 0. The topological polar surface area (TPSA) is 65.8 Å². The van der Waals surface area contributed by atoms with Crippen molar-refractivity contribution in [3.8, 4) is 0 Å². The van der Waals surface area contributed by atoms with Gasteiger partial charge in [-0.25, -0.2) is 23.1 Å². The van der Waals surface area contributed by atoms with Crippen LogP contribution in [0.4, 0.5) is 25.1 Å². The summed E-state index contributed by atoms with van der Waals surface area (Å²) >= 11 is 0. The first-order valence-corrected chi connectivity index (χ1v) is 10.6. The predicted octanol–water partition coefficient (Wildman–Crippen LogP) is 4.22. The molecule has 0 saturated carbocycles. The van der Waals surface area contributed by atoms with Crippen LogP contribution < -0.4 is 10.2 Å². The summed E-state index contributed by atoms with van der Waals surface area (Å²) in [6, 6.07) is 4.92. The zero-order valence-corrected chi connectivity index (χ0v) is 17.3. The number of urea groups is 1. The molecule has 0 aliphatic carbocycles. The lowest BCUT2D eigenvalue weighted by atomic mass is 10.0. The summed E-state index contributed by atoms with van der Waals surface area (Å²) < 4.78 is 29.8. The van der Waals surface area contributed by atoms with Crippen molar-refractivity contribution < 1.29 is 13.6 Å². The highest BCUT2D eigenvalue weighted by Crippen LogP contribution is 2.37. The van der Waals surface area contributed by atoms with Gasteiger partial charge in [0.1, 0.15) is 23.1 Å². The number of benzene rings is 1. The van der Waals surface area contributed by atoms with E-state index in [4.69, 9.17) is 4.98 Å². The van der Waals surface area contributed by atoms with Crippen molar-refractivity contribution >= 4 is 23.2 Å². The third-order valence-corrected chi connectivity index (χ3v) is 6.17. The smallest absolute Gasteiger partial charge is 0.321 e. The molecular weight excluding hydrogens is 402 g/mol. The second-order valence-electron chi connectivity index (χ2n) is 8.40. The summed E-state index contributed by atoms with van der Waals surface area (Å²) in [6.45, 7) is 4.29. The number of nitrogens with one attached hydrogen (secondary N) is 1. The molecule has 0 spiro atoms. The van der Waals surface area contributed by atoms with E-state index >= 15 is 0 Å². The number of nitrogens with zero attached hydrogens (tertiary/aromatic N) is 5. The molecule has 0 unspecified atom stereocenters. The number of anilines is 2. The monoisotopic (exact) mass is 426 g/mol. The highest BCUT2D eigenvalue weighted by atomic mass is 19.1. The first-order valence-electron chi connectivity index (χ1n) is 10.6. The summed E-state index contributed by atoms with van der Waals surface area (Å²) in [5, 5.41) is 7.19. The van der Waals surface area contributed by atoms with E-state index in [9.17, 15) is 13.6 Å². The van der Waals surface area contributed by atoms with Gasteiger partial charge in [0.15, 0.2) is 5.65 Å². The Morgan fingerprint density at radius 2 is 2.06 bits per heavy atom. The highest BCUT2D eigenvalue weighted by molar-refractivity contribution is 5.93. The Morgan fingerprint density at radius 1 is 1.19 bits per heavy atom. The van der Waals surface area contributed by atoms with E-state index in [1.54, 1.807) is 21.8 Å². The maximum absolute atomic E-state index is 14.4. The average molecular weight is 426 g/mol. The second-order valence-corrected chi connectivity index (χ2v) is 8.40. The average Bonchev–Trinajstić information content (AvgIpc) is 3.49. The minimum absolute atomic E-state index is 0.160. The van der Waals surface area contributed by atoms with Crippen molar-refractivity contribution in [3.63, 3.8) is 0 Å². The van der Waals surface area contributed by atoms with E-state index in [0.717, 1.165) is 32.0 Å². The first-order chi connectivity index (χ1) is 15.0. The van der Waals surface area contributed by atoms with Gasteiger partial charge in [-0.1, -0.05) is 6.92 Å². The van der Waals surface area contributed by atoms with E-state index in [2.05, 4.69) is 17.3 Å². The molecule has 162 valence electrons. The number of halogens is 2. The molecule has 1 N–H and O–H groups in total. The standard InChI is InChI=1S/C22H24F2N6O/c1-14-6-9-28(13-14)22(31)26-18-12-25-30-10-7-20(27-21(18)30)29-8-2-3-19(29)16-11-15(23)4-5-17(16)24/h4-5,7,10-12,14,19H,2-3,6,8-9,13H2,1H3,(H,26,31)/t14-,19+/m0/s1. The molecule has 2 aliphatic heterocycles. The zero-order valence-electron chi connectivity index (χ0n) is 17.3. The molecule has 2 atom stereocenters. The van der Waals surface area contributed by atoms with Gasteiger partial charge >= 0.3 is 6.03 Å². The molecule has 2 aliphatic rings. The number of amides is 2. The molecule has 9 heteroatoms. The van der Waals surface area contributed by atoms with Crippen LogP contribution in [0.25, 0.3) is 5.65 Å². The largest absolute Gasteiger partial charge is 0.349 e. The van der Waals surface area contributed by atoms with Crippen LogP contribution in [-0.4, -0.2) is 45.2 Å². The van der Waals surface area contributed by atoms with Crippen LogP contribution in [0.2, 0.25) is 0 Å². The van der Waals surface area contributed by atoms with Crippen LogP contribution in [0.3, 0.4) is 0 Å². The van der Waals surface area contributed by atoms with Crippen LogP contribution in [0.5, 0.6) is 0 Å². The van der Waals surface area contributed by atoms with Crippen molar-refractivity contribution in [1.82, 2.24) is 19.5 Å². The fraction of sp³-hybridized carbons (Fsp3) is 0.409. The van der Waals surface area contributed by atoms with Crippen molar-refractivity contribution in [2.45, 2.75) is 32.2 Å². The summed E-state index contributed by atoms with van der Waals surface area (Å²) in [4.78, 5) is 21.1. The number of rotatable bonds is 3. The predicted molar refractivity (Wildman–Crippen MR) is 113 cm³/mol.